The van der Waals surface area contributed by atoms with Crippen LogP contribution in [0.3, 0.4) is 0 Å². The fourth-order valence-corrected chi connectivity index (χ4v) is 4.05. The number of carbonyl (C=O) groups excluding carboxylic acids is 1. The van der Waals surface area contributed by atoms with Gasteiger partial charge in [-0.15, -0.1) is 10.2 Å². The molecule has 1 aromatic heterocycles. The van der Waals surface area contributed by atoms with Gasteiger partial charge in [0.25, 0.3) is 0 Å². The second kappa shape index (κ2) is 10.00. The topological polar surface area (TPSA) is 69.0 Å². The summed E-state index contributed by atoms with van der Waals surface area (Å²) >= 11 is 7.54. The van der Waals surface area contributed by atoms with Crippen molar-refractivity contribution >= 4 is 35.0 Å². The first-order valence-electron chi connectivity index (χ1n) is 9.73. The number of nitrogens with zero attached hydrogens (tertiary/aromatic N) is 3. The fourth-order valence-electron chi connectivity index (χ4n) is 3.06. The summed E-state index contributed by atoms with van der Waals surface area (Å²) in [6.45, 7) is 8.59. The van der Waals surface area contributed by atoms with Gasteiger partial charge in [0.05, 0.1) is 10.8 Å². The Morgan fingerprint density at radius 3 is 2.70 bits per heavy atom. The average Bonchev–Trinajstić information content (AvgIpc) is 3.13. The summed E-state index contributed by atoms with van der Waals surface area (Å²) in [7, 11) is 0. The number of ether oxygens (including phenoxy) is 1. The quantitative estimate of drug-likeness (QED) is 0.468. The Morgan fingerprint density at radius 2 is 2.00 bits per heavy atom. The largest absolute Gasteiger partial charge is 0.481 e. The molecule has 0 bridgehead atoms. The Labute approximate surface area is 186 Å². The molecule has 0 aliphatic heterocycles. The lowest BCUT2D eigenvalue weighted by atomic mass is 10.1. The summed E-state index contributed by atoms with van der Waals surface area (Å²) in [6.07, 6.45) is -0.337. The second-order valence-electron chi connectivity index (χ2n) is 6.93. The first kappa shape index (κ1) is 22.2. The summed E-state index contributed by atoms with van der Waals surface area (Å²) in [5.74, 6) is 1.44. The first-order valence-corrected chi connectivity index (χ1v) is 11.1. The van der Waals surface area contributed by atoms with Gasteiger partial charge in [0.2, 0.25) is 5.91 Å². The van der Waals surface area contributed by atoms with Crippen LogP contribution < -0.4 is 10.1 Å². The average molecular weight is 445 g/mol. The number of thioether (sulfide) groups is 1. The predicted octanol–water partition coefficient (Wildman–Crippen LogP) is 5.44. The molecule has 0 aliphatic carbocycles. The molecule has 2 aromatic carbocycles. The van der Waals surface area contributed by atoms with Crippen LogP contribution in [0.4, 0.5) is 5.69 Å². The Hall–Kier alpha value is -2.51. The van der Waals surface area contributed by atoms with E-state index in [0.29, 0.717) is 28.3 Å². The van der Waals surface area contributed by atoms with Crippen molar-refractivity contribution in [3.05, 3.63) is 64.4 Å². The summed E-state index contributed by atoms with van der Waals surface area (Å²) in [4.78, 5) is 12.4. The lowest BCUT2D eigenvalue weighted by Gasteiger charge is -2.16. The van der Waals surface area contributed by atoms with Crippen molar-refractivity contribution in [3.8, 4) is 5.75 Å². The first-order chi connectivity index (χ1) is 14.4. The third-order valence-electron chi connectivity index (χ3n) is 4.55. The minimum absolute atomic E-state index is 0.0838. The monoisotopic (exact) mass is 444 g/mol. The van der Waals surface area contributed by atoms with E-state index in [1.54, 1.807) is 6.07 Å². The number of aromatic nitrogens is 3. The van der Waals surface area contributed by atoms with Crippen molar-refractivity contribution < 1.29 is 9.53 Å². The van der Waals surface area contributed by atoms with Gasteiger partial charge in [0.1, 0.15) is 5.75 Å². The molecule has 1 unspecified atom stereocenters. The number of aryl methyl sites for hydroxylation is 2. The molecule has 0 radical (unpaired) electrons. The third kappa shape index (κ3) is 5.34. The highest BCUT2D eigenvalue weighted by Gasteiger charge is 2.20. The summed E-state index contributed by atoms with van der Waals surface area (Å²) in [6, 6.07) is 13.3. The molecule has 30 heavy (non-hydrogen) atoms. The lowest BCUT2D eigenvalue weighted by molar-refractivity contribution is -0.113. The van der Waals surface area contributed by atoms with Gasteiger partial charge in [0, 0.05) is 12.2 Å². The van der Waals surface area contributed by atoms with Crippen LogP contribution in [0.5, 0.6) is 5.75 Å². The fraction of sp³-hybridized carbons (Fsp3) is 0.318. The van der Waals surface area contributed by atoms with Gasteiger partial charge in [0.15, 0.2) is 17.1 Å². The normalized spacial score (nSPS) is 11.9. The van der Waals surface area contributed by atoms with E-state index in [2.05, 4.69) is 15.5 Å². The molecule has 6 nitrogen and oxygen atoms in total. The molecule has 1 N–H and O–H groups in total. The van der Waals surface area contributed by atoms with Gasteiger partial charge >= 0.3 is 0 Å². The van der Waals surface area contributed by atoms with E-state index in [0.717, 1.165) is 16.8 Å². The molecule has 158 valence electrons. The molecule has 3 aromatic rings. The number of carbonyl (C=O) groups is 1. The summed E-state index contributed by atoms with van der Waals surface area (Å²) < 4.78 is 7.93. The zero-order valence-corrected chi connectivity index (χ0v) is 19.0. The highest BCUT2D eigenvalue weighted by atomic mass is 35.5. The van der Waals surface area contributed by atoms with E-state index in [9.17, 15) is 4.79 Å². The van der Waals surface area contributed by atoms with Gasteiger partial charge in [-0.1, -0.05) is 53.2 Å². The molecule has 0 saturated heterocycles. The van der Waals surface area contributed by atoms with E-state index in [-0.39, 0.29) is 17.8 Å². The maximum absolute atomic E-state index is 12.4. The van der Waals surface area contributed by atoms with Crippen LogP contribution in [0.2, 0.25) is 5.02 Å². The highest BCUT2D eigenvalue weighted by Crippen LogP contribution is 2.29. The van der Waals surface area contributed by atoms with Crippen LogP contribution in [-0.4, -0.2) is 26.4 Å². The zero-order chi connectivity index (χ0) is 21.7. The predicted molar refractivity (Wildman–Crippen MR) is 121 cm³/mol. The zero-order valence-electron chi connectivity index (χ0n) is 17.5. The molecule has 1 heterocycles. The smallest absolute Gasteiger partial charge is 0.234 e. The van der Waals surface area contributed by atoms with E-state index >= 15 is 0 Å². The van der Waals surface area contributed by atoms with Crippen LogP contribution in [0.25, 0.3) is 0 Å². The number of anilines is 1. The van der Waals surface area contributed by atoms with Crippen molar-refractivity contribution in [2.75, 3.05) is 11.1 Å². The molecule has 3 rings (SSSR count). The minimum Gasteiger partial charge on any atom is -0.481 e. The van der Waals surface area contributed by atoms with Crippen LogP contribution >= 0.6 is 23.4 Å². The number of amides is 1. The van der Waals surface area contributed by atoms with Gasteiger partial charge in [-0.3, -0.25) is 4.79 Å². The Morgan fingerprint density at radius 1 is 1.23 bits per heavy atom. The molecule has 0 spiro atoms. The maximum atomic E-state index is 12.4. The number of halogens is 1. The number of benzene rings is 2. The van der Waals surface area contributed by atoms with Gasteiger partial charge in [-0.2, -0.15) is 0 Å². The lowest BCUT2D eigenvalue weighted by Crippen LogP contribution is -2.16. The van der Waals surface area contributed by atoms with Crippen LogP contribution in [-0.2, 0) is 11.3 Å². The minimum atomic E-state index is -0.337. The SMILES string of the molecule is CCn1c(SCC(=O)Nc2ccc(C)cc2C)nnc1C(C)Oc1ccccc1Cl. The molecule has 8 heteroatoms. The molecular formula is C22H25ClN4O2S. The van der Waals surface area contributed by atoms with E-state index in [1.807, 2.05) is 68.7 Å². The van der Waals surface area contributed by atoms with Crippen molar-refractivity contribution in [2.24, 2.45) is 0 Å². The number of rotatable bonds is 8. The van der Waals surface area contributed by atoms with E-state index < -0.39 is 0 Å². The van der Waals surface area contributed by atoms with Crippen molar-refractivity contribution in [3.63, 3.8) is 0 Å². The standard InChI is InChI=1S/C22H25ClN4O2S/c1-5-27-21(16(4)29-19-9-7-6-8-17(19)23)25-26-22(27)30-13-20(28)24-18-11-10-14(2)12-15(18)3/h6-12,16H,5,13H2,1-4H3,(H,24,28). The third-order valence-corrected chi connectivity index (χ3v) is 5.83. The van der Waals surface area contributed by atoms with Crippen LogP contribution in [0, 0.1) is 13.8 Å². The maximum Gasteiger partial charge on any atom is 0.234 e. The molecule has 1 amide bonds. The Kier molecular flexibility index (Phi) is 7.39. The van der Waals surface area contributed by atoms with Crippen molar-refractivity contribution in [1.82, 2.24) is 14.8 Å². The number of hydrogen-bond donors (Lipinski definition) is 1. The van der Waals surface area contributed by atoms with Crippen molar-refractivity contribution in [2.45, 2.75) is 45.5 Å². The molecule has 0 fully saturated rings. The number of hydrogen-bond acceptors (Lipinski definition) is 5. The van der Waals surface area contributed by atoms with Crippen LogP contribution in [0.1, 0.15) is 36.9 Å². The van der Waals surface area contributed by atoms with Gasteiger partial charge in [-0.05, 0) is 51.5 Å². The highest BCUT2D eigenvalue weighted by molar-refractivity contribution is 7.99. The molecule has 0 saturated carbocycles. The summed E-state index contributed by atoms with van der Waals surface area (Å²) in [5.41, 5.74) is 3.03. The van der Waals surface area contributed by atoms with Crippen molar-refractivity contribution in [1.29, 1.82) is 0 Å². The van der Waals surface area contributed by atoms with E-state index in [4.69, 9.17) is 16.3 Å². The molecule has 1 atom stereocenters. The number of para-hydroxylation sites is 1. The second-order valence-corrected chi connectivity index (χ2v) is 8.28. The Balaban J connectivity index is 1.65. The molecular weight excluding hydrogens is 420 g/mol. The van der Waals surface area contributed by atoms with E-state index in [1.165, 1.54) is 11.8 Å². The van der Waals surface area contributed by atoms with Gasteiger partial charge in [-0.25, -0.2) is 0 Å². The number of nitrogens with one attached hydrogen (secondary N) is 1. The van der Waals surface area contributed by atoms with Crippen LogP contribution in [0.15, 0.2) is 47.6 Å². The summed E-state index contributed by atoms with van der Waals surface area (Å²) in [5, 5.41) is 12.7. The Bertz CT molecular complexity index is 1040. The molecule has 0 aliphatic rings. The van der Waals surface area contributed by atoms with Gasteiger partial charge < -0.3 is 14.6 Å².